The lowest BCUT2D eigenvalue weighted by Crippen LogP contribution is -2.65. The summed E-state index contributed by atoms with van der Waals surface area (Å²) >= 11 is 0. The van der Waals surface area contributed by atoms with E-state index in [0.29, 0.717) is 19.3 Å². The van der Waals surface area contributed by atoms with Crippen molar-refractivity contribution in [2.45, 2.75) is 389 Å². The van der Waals surface area contributed by atoms with Gasteiger partial charge in [0.05, 0.1) is 32.0 Å². The van der Waals surface area contributed by atoms with Crippen LogP contribution in [0.5, 0.6) is 0 Å². The standard InChI is InChI=1S/C69H131NO13/c1-3-5-7-9-11-13-15-17-19-21-22-23-24-25-26-27-28-29-30-31-32-33-34-35-36-37-38-40-42-44-46-48-50-52-58(73)57(70-61(74)53-51-49-47-45-43-41-39-20-18-16-14-12-10-8-6-4-2)56-80-68-66(79)64(77)67(60(55-72)82-68)83-69-65(78)63(76)62(75)59(54-71)81-69/h14,16,20,39,57-60,62-69,71-73,75-79H,3-13,15,17-19,21-38,40-56H2,1-2H3,(H,70,74)/b16-14-,39-20-. The summed E-state index contributed by atoms with van der Waals surface area (Å²) in [5.74, 6) is -0.216. The van der Waals surface area contributed by atoms with Gasteiger partial charge in [-0.05, 0) is 44.9 Å². The van der Waals surface area contributed by atoms with Gasteiger partial charge >= 0.3 is 0 Å². The summed E-state index contributed by atoms with van der Waals surface area (Å²) < 4.78 is 22.9. The molecule has 0 aromatic heterocycles. The summed E-state index contributed by atoms with van der Waals surface area (Å²) in [6, 6.07) is -0.836. The quantitative estimate of drug-likeness (QED) is 0.0204. The minimum absolute atomic E-state index is 0.216. The van der Waals surface area contributed by atoms with Gasteiger partial charge in [0.2, 0.25) is 5.91 Å². The number of carbonyl (C=O) groups is 1. The molecule has 0 saturated carbocycles. The maximum atomic E-state index is 13.3. The SMILES string of the molecule is CCCCCC/C=C\C/C=C\CCCCCCCC(=O)NC(COC1OC(CO)C(OC2OC(CO)C(O)C(O)C2O)C(O)C1O)C(O)CCCCCCCCCCCCCCCCCCCCCCCCCCCCCCCCCCC. The molecular weight excluding hydrogens is 1050 g/mol. The van der Waals surface area contributed by atoms with Gasteiger partial charge in [0.15, 0.2) is 12.6 Å². The first kappa shape index (κ1) is 77.6. The van der Waals surface area contributed by atoms with Crippen molar-refractivity contribution in [1.29, 1.82) is 0 Å². The molecule has 0 bridgehead atoms. The van der Waals surface area contributed by atoms with E-state index in [1.54, 1.807) is 0 Å². The van der Waals surface area contributed by atoms with Gasteiger partial charge in [0, 0.05) is 6.42 Å². The fourth-order valence-corrected chi connectivity index (χ4v) is 11.8. The fraction of sp³-hybridized carbons (Fsp3) is 0.928. The number of hydrogen-bond acceptors (Lipinski definition) is 13. The van der Waals surface area contributed by atoms with E-state index in [0.717, 1.165) is 70.6 Å². The molecule has 12 atom stereocenters. The van der Waals surface area contributed by atoms with E-state index in [4.69, 9.17) is 18.9 Å². The number of unbranched alkanes of at least 4 members (excludes halogenated alkanes) is 41. The maximum Gasteiger partial charge on any atom is 0.220 e. The van der Waals surface area contributed by atoms with Gasteiger partial charge in [0.1, 0.15) is 48.8 Å². The Morgan fingerprint density at radius 1 is 0.434 bits per heavy atom. The van der Waals surface area contributed by atoms with Crippen LogP contribution in [0.15, 0.2) is 24.3 Å². The number of aliphatic hydroxyl groups is 8. The van der Waals surface area contributed by atoms with Crippen LogP contribution in [0.2, 0.25) is 0 Å². The molecule has 2 saturated heterocycles. The highest BCUT2D eigenvalue weighted by Gasteiger charge is 2.51. The Balaban J connectivity index is 1.62. The largest absolute Gasteiger partial charge is 0.394 e. The van der Waals surface area contributed by atoms with E-state index >= 15 is 0 Å². The molecule has 0 radical (unpaired) electrons. The second kappa shape index (κ2) is 54.6. The summed E-state index contributed by atoms with van der Waals surface area (Å²) in [5.41, 5.74) is 0. The zero-order valence-corrected chi connectivity index (χ0v) is 53.2. The van der Waals surface area contributed by atoms with Gasteiger partial charge in [-0.2, -0.15) is 0 Å². The van der Waals surface area contributed by atoms with Crippen molar-refractivity contribution < 1.29 is 64.6 Å². The first-order valence-corrected chi connectivity index (χ1v) is 35.1. The Morgan fingerprint density at radius 2 is 0.795 bits per heavy atom. The molecule has 14 heteroatoms. The molecule has 83 heavy (non-hydrogen) atoms. The van der Waals surface area contributed by atoms with E-state index < -0.39 is 86.8 Å². The lowest BCUT2D eigenvalue weighted by atomic mass is 9.97. The highest BCUT2D eigenvalue weighted by molar-refractivity contribution is 5.76. The number of hydrogen-bond donors (Lipinski definition) is 9. The second-order valence-corrected chi connectivity index (χ2v) is 25.0. The summed E-state index contributed by atoms with van der Waals surface area (Å²) in [5, 5.41) is 87.5. The molecule has 2 aliphatic heterocycles. The first-order valence-electron chi connectivity index (χ1n) is 35.1. The van der Waals surface area contributed by atoms with Gasteiger partial charge in [-0.3, -0.25) is 4.79 Å². The number of ether oxygens (including phenoxy) is 4. The summed E-state index contributed by atoms with van der Waals surface area (Å²) in [6.07, 6.45) is 50.7. The topological polar surface area (TPSA) is 228 Å². The van der Waals surface area contributed by atoms with Crippen molar-refractivity contribution in [2.75, 3.05) is 19.8 Å². The van der Waals surface area contributed by atoms with Crippen LogP contribution in [0.25, 0.3) is 0 Å². The molecule has 0 aliphatic carbocycles. The van der Waals surface area contributed by atoms with Gasteiger partial charge in [-0.1, -0.05) is 289 Å². The third-order valence-electron chi connectivity index (χ3n) is 17.4. The van der Waals surface area contributed by atoms with Crippen LogP contribution in [0.3, 0.4) is 0 Å². The molecule has 2 aliphatic rings. The minimum atomic E-state index is -1.78. The van der Waals surface area contributed by atoms with Crippen LogP contribution in [0.1, 0.15) is 316 Å². The van der Waals surface area contributed by atoms with Crippen LogP contribution < -0.4 is 5.32 Å². The maximum absolute atomic E-state index is 13.3. The third-order valence-corrected chi connectivity index (χ3v) is 17.4. The average molecular weight is 1180 g/mol. The molecule has 12 unspecified atom stereocenters. The second-order valence-electron chi connectivity index (χ2n) is 25.0. The van der Waals surface area contributed by atoms with Crippen molar-refractivity contribution in [3.63, 3.8) is 0 Å². The monoisotopic (exact) mass is 1180 g/mol. The third kappa shape index (κ3) is 39.2. The molecule has 9 N–H and O–H groups in total. The molecule has 0 spiro atoms. The highest BCUT2D eigenvalue weighted by atomic mass is 16.7. The molecule has 2 fully saturated rings. The predicted molar refractivity (Wildman–Crippen MR) is 337 cm³/mol. The average Bonchev–Trinajstić information content (AvgIpc) is 3.65. The number of rotatable bonds is 58. The zero-order valence-electron chi connectivity index (χ0n) is 53.2. The van der Waals surface area contributed by atoms with E-state index in [9.17, 15) is 45.6 Å². The molecular formula is C69H131NO13. The Bertz CT molecular complexity index is 1490. The number of amides is 1. The summed E-state index contributed by atoms with van der Waals surface area (Å²) in [4.78, 5) is 13.3. The van der Waals surface area contributed by atoms with E-state index in [1.807, 2.05) is 0 Å². The van der Waals surface area contributed by atoms with Gasteiger partial charge in [-0.15, -0.1) is 0 Å². The summed E-state index contributed by atoms with van der Waals surface area (Å²) in [7, 11) is 0. The van der Waals surface area contributed by atoms with Crippen LogP contribution in [-0.2, 0) is 23.7 Å². The Labute approximate surface area is 507 Å². The van der Waals surface area contributed by atoms with E-state index in [-0.39, 0.29) is 12.5 Å². The molecule has 2 rings (SSSR count). The zero-order chi connectivity index (χ0) is 60.2. The lowest BCUT2D eigenvalue weighted by molar-refractivity contribution is -0.359. The molecule has 2 heterocycles. The molecule has 1 amide bonds. The van der Waals surface area contributed by atoms with E-state index in [2.05, 4.69) is 43.5 Å². The van der Waals surface area contributed by atoms with E-state index in [1.165, 1.54) is 212 Å². The number of aliphatic hydroxyl groups excluding tert-OH is 8. The first-order chi connectivity index (χ1) is 40.6. The van der Waals surface area contributed by atoms with Crippen LogP contribution in [0.4, 0.5) is 0 Å². The van der Waals surface area contributed by atoms with Crippen LogP contribution in [0, 0.1) is 0 Å². The Hall–Kier alpha value is -1.53. The van der Waals surface area contributed by atoms with Crippen molar-refractivity contribution >= 4 is 5.91 Å². The van der Waals surface area contributed by atoms with Gasteiger partial charge < -0.3 is 65.1 Å². The molecule has 0 aromatic rings. The number of allylic oxidation sites excluding steroid dienone is 4. The van der Waals surface area contributed by atoms with Crippen molar-refractivity contribution in [3.05, 3.63) is 24.3 Å². The Morgan fingerprint density at radius 3 is 1.22 bits per heavy atom. The van der Waals surface area contributed by atoms with Crippen molar-refractivity contribution in [1.82, 2.24) is 5.32 Å². The van der Waals surface area contributed by atoms with Crippen molar-refractivity contribution in [3.8, 4) is 0 Å². The normalized spacial score (nSPS) is 23.9. The summed E-state index contributed by atoms with van der Waals surface area (Å²) in [6.45, 7) is 2.87. The molecule has 14 nitrogen and oxygen atoms in total. The smallest absolute Gasteiger partial charge is 0.220 e. The van der Waals surface area contributed by atoms with Crippen molar-refractivity contribution in [2.24, 2.45) is 0 Å². The number of carbonyl (C=O) groups excluding carboxylic acids is 1. The molecule has 490 valence electrons. The number of nitrogens with one attached hydrogen (secondary N) is 1. The van der Waals surface area contributed by atoms with Crippen LogP contribution >= 0.6 is 0 Å². The van der Waals surface area contributed by atoms with Gasteiger partial charge in [-0.25, -0.2) is 0 Å². The van der Waals surface area contributed by atoms with Crippen LogP contribution in [-0.4, -0.2) is 140 Å². The highest BCUT2D eigenvalue weighted by Crippen LogP contribution is 2.30. The minimum Gasteiger partial charge on any atom is -0.394 e. The lowest BCUT2D eigenvalue weighted by Gasteiger charge is -2.46. The predicted octanol–water partition coefficient (Wildman–Crippen LogP) is 14.0. The van der Waals surface area contributed by atoms with Gasteiger partial charge in [0.25, 0.3) is 0 Å². The Kier molecular flexibility index (Phi) is 51.0. The molecule has 0 aromatic carbocycles. The fourth-order valence-electron chi connectivity index (χ4n) is 11.8.